The maximum absolute atomic E-state index is 12.5. The lowest BCUT2D eigenvalue weighted by Gasteiger charge is -2.32. The van der Waals surface area contributed by atoms with Crippen LogP contribution < -0.4 is 5.32 Å². The largest absolute Gasteiger partial charge is 0.471 e. The molecule has 1 heterocycles. The number of hydrogen-bond donors (Lipinski definition) is 1. The number of hydrogen-bond acceptors (Lipinski definition) is 2. The van der Waals surface area contributed by atoms with Gasteiger partial charge in [0.15, 0.2) is 0 Å². The predicted octanol–water partition coefficient (Wildman–Crippen LogP) is 3.04. The summed E-state index contributed by atoms with van der Waals surface area (Å²) in [5.74, 6) is -2.85. The Labute approximate surface area is 132 Å². The Morgan fingerprint density at radius 1 is 1.26 bits per heavy atom. The van der Waals surface area contributed by atoms with Gasteiger partial charge in [-0.15, -0.1) is 0 Å². The van der Waals surface area contributed by atoms with Gasteiger partial charge in [-0.1, -0.05) is 17.7 Å². The predicted molar refractivity (Wildman–Crippen MR) is 79.9 cm³/mol. The van der Waals surface area contributed by atoms with Crippen molar-refractivity contribution in [3.8, 4) is 0 Å². The Morgan fingerprint density at radius 2 is 1.96 bits per heavy atom. The van der Waals surface area contributed by atoms with E-state index in [0.29, 0.717) is 18.5 Å². The van der Waals surface area contributed by atoms with Gasteiger partial charge in [0.05, 0.1) is 5.92 Å². The number of alkyl halides is 3. The summed E-state index contributed by atoms with van der Waals surface area (Å²) in [5, 5.41) is 2.75. The van der Waals surface area contributed by atoms with Gasteiger partial charge < -0.3 is 10.2 Å². The van der Waals surface area contributed by atoms with E-state index in [1.807, 2.05) is 26.0 Å². The standard InChI is InChI=1S/C16H19F3N2O2/c1-10-5-6-13(11(2)8-10)20-14(22)12-4-3-7-21(9-12)15(23)16(17,18)19/h5-6,8,12H,3-4,7,9H2,1-2H3,(H,20,22). The lowest BCUT2D eigenvalue weighted by atomic mass is 9.96. The van der Waals surface area contributed by atoms with Crippen molar-refractivity contribution in [1.82, 2.24) is 4.90 Å². The second kappa shape index (κ2) is 6.60. The molecule has 0 saturated carbocycles. The molecule has 1 aliphatic rings. The number of carbonyl (C=O) groups is 2. The van der Waals surface area contributed by atoms with Gasteiger partial charge in [0.1, 0.15) is 0 Å². The van der Waals surface area contributed by atoms with Gasteiger partial charge in [-0.05, 0) is 38.3 Å². The Kier molecular flexibility index (Phi) is 4.97. The van der Waals surface area contributed by atoms with Gasteiger partial charge >= 0.3 is 12.1 Å². The minimum Gasteiger partial charge on any atom is -0.334 e. The molecular weight excluding hydrogens is 309 g/mol. The molecule has 2 rings (SSSR count). The molecule has 1 aromatic rings. The number of nitrogens with one attached hydrogen (secondary N) is 1. The highest BCUT2D eigenvalue weighted by Crippen LogP contribution is 2.25. The Morgan fingerprint density at radius 3 is 2.57 bits per heavy atom. The molecule has 7 heteroatoms. The summed E-state index contributed by atoms with van der Waals surface area (Å²) in [5.41, 5.74) is 2.58. The van der Waals surface area contributed by atoms with Gasteiger partial charge in [-0.25, -0.2) is 0 Å². The van der Waals surface area contributed by atoms with Gasteiger partial charge in [-0.2, -0.15) is 13.2 Å². The van der Waals surface area contributed by atoms with E-state index in [9.17, 15) is 22.8 Å². The van der Waals surface area contributed by atoms with Crippen molar-refractivity contribution in [2.24, 2.45) is 5.92 Å². The summed E-state index contributed by atoms with van der Waals surface area (Å²) in [6.07, 6.45) is -4.04. The van der Waals surface area contributed by atoms with Crippen molar-refractivity contribution in [3.63, 3.8) is 0 Å². The number of halogens is 3. The van der Waals surface area contributed by atoms with Crippen LogP contribution in [0.1, 0.15) is 24.0 Å². The van der Waals surface area contributed by atoms with E-state index in [1.165, 1.54) is 0 Å². The summed E-state index contributed by atoms with van der Waals surface area (Å²) < 4.78 is 37.5. The van der Waals surface area contributed by atoms with Crippen LogP contribution in [-0.4, -0.2) is 36.0 Å². The zero-order valence-electron chi connectivity index (χ0n) is 13.0. The maximum atomic E-state index is 12.5. The van der Waals surface area contributed by atoms with Crippen LogP contribution in [0.2, 0.25) is 0 Å². The number of aryl methyl sites for hydroxylation is 2. The Bertz CT molecular complexity index is 614. The SMILES string of the molecule is Cc1ccc(NC(=O)C2CCCN(C(=O)C(F)(F)F)C2)c(C)c1. The molecule has 1 N–H and O–H groups in total. The molecule has 1 atom stereocenters. The van der Waals surface area contributed by atoms with Crippen LogP contribution in [-0.2, 0) is 9.59 Å². The molecule has 2 amide bonds. The number of carbonyl (C=O) groups excluding carboxylic acids is 2. The van der Waals surface area contributed by atoms with E-state index in [-0.39, 0.29) is 19.0 Å². The van der Waals surface area contributed by atoms with E-state index in [1.54, 1.807) is 6.07 Å². The fourth-order valence-electron chi connectivity index (χ4n) is 2.74. The van der Waals surface area contributed by atoms with Crippen molar-refractivity contribution in [3.05, 3.63) is 29.3 Å². The van der Waals surface area contributed by atoms with E-state index in [2.05, 4.69) is 5.32 Å². The molecule has 126 valence electrons. The topological polar surface area (TPSA) is 49.4 Å². The first-order valence-corrected chi connectivity index (χ1v) is 7.42. The van der Waals surface area contributed by atoms with Crippen LogP contribution in [0.15, 0.2) is 18.2 Å². The summed E-state index contributed by atoms with van der Waals surface area (Å²) >= 11 is 0. The van der Waals surface area contributed by atoms with E-state index in [4.69, 9.17) is 0 Å². The van der Waals surface area contributed by atoms with Crippen molar-refractivity contribution >= 4 is 17.5 Å². The molecule has 0 aromatic heterocycles. The Balaban J connectivity index is 2.03. The smallest absolute Gasteiger partial charge is 0.334 e. The highest BCUT2D eigenvalue weighted by molar-refractivity contribution is 5.94. The number of rotatable bonds is 2. The van der Waals surface area contributed by atoms with Crippen LogP contribution in [0.4, 0.5) is 18.9 Å². The third-order valence-corrected chi connectivity index (χ3v) is 3.96. The van der Waals surface area contributed by atoms with Crippen molar-refractivity contribution in [2.45, 2.75) is 32.9 Å². The highest BCUT2D eigenvalue weighted by atomic mass is 19.4. The van der Waals surface area contributed by atoms with Gasteiger partial charge in [0.2, 0.25) is 5.91 Å². The number of likely N-dealkylation sites (tertiary alicyclic amines) is 1. The summed E-state index contributed by atoms with van der Waals surface area (Å²) in [7, 11) is 0. The minimum absolute atomic E-state index is 0.0334. The second-order valence-electron chi connectivity index (χ2n) is 5.90. The molecule has 0 aliphatic carbocycles. The first-order chi connectivity index (χ1) is 10.7. The number of amides is 2. The molecule has 0 bridgehead atoms. The van der Waals surface area contributed by atoms with Crippen molar-refractivity contribution in [1.29, 1.82) is 0 Å². The van der Waals surface area contributed by atoms with Gasteiger partial charge in [0, 0.05) is 18.8 Å². The number of anilines is 1. The molecule has 23 heavy (non-hydrogen) atoms. The van der Waals surface area contributed by atoms with Crippen LogP contribution >= 0.6 is 0 Å². The van der Waals surface area contributed by atoms with E-state index < -0.39 is 18.0 Å². The van der Waals surface area contributed by atoms with E-state index >= 15 is 0 Å². The van der Waals surface area contributed by atoms with Gasteiger partial charge in [0.25, 0.3) is 0 Å². The lowest BCUT2D eigenvalue weighted by Crippen LogP contribution is -2.48. The fourth-order valence-corrected chi connectivity index (χ4v) is 2.74. The minimum atomic E-state index is -4.90. The van der Waals surface area contributed by atoms with Gasteiger partial charge in [-0.3, -0.25) is 9.59 Å². The zero-order valence-corrected chi connectivity index (χ0v) is 13.0. The number of nitrogens with zero attached hydrogens (tertiary/aromatic N) is 1. The summed E-state index contributed by atoms with van der Waals surface area (Å²) in [4.78, 5) is 24.3. The monoisotopic (exact) mass is 328 g/mol. The average molecular weight is 328 g/mol. The third kappa shape index (κ3) is 4.24. The normalized spacial score (nSPS) is 18.7. The highest BCUT2D eigenvalue weighted by Gasteiger charge is 2.44. The van der Waals surface area contributed by atoms with Crippen LogP contribution in [0.5, 0.6) is 0 Å². The fraction of sp³-hybridized carbons (Fsp3) is 0.500. The first kappa shape index (κ1) is 17.3. The van der Waals surface area contributed by atoms with Crippen molar-refractivity contribution in [2.75, 3.05) is 18.4 Å². The summed E-state index contributed by atoms with van der Waals surface area (Å²) in [6, 6.07) is 5.53. The molecule has 1 unspecified atom stereocenters. The molecule has 0 radical (unpaired) electrons. The quantitative estimate of drug-likeness (QED) is 0.907. The maximum Gasteiger partial charge on any atom is 0.471 e. The van der Waals surface area contributed by atoms with E-state index in [0.717, 1.165) is 16.0 Å². The molecule has 1 aliphatic heterocycles. The van der Waals surface area contributed by atoms with Crippen molar-refractivity contribution < 1.29 is 22.8 Å². The van der Waals surface area contributed by atoms with Crippen LogP contribution in [0, 0.1) is 19.8 Å². The lowest BCUT2D eigenvalue weighted by molar-refractivity contribution is -0.187. The molecular formula is C16H19F3N2O2. The zero-order chi connectivity index (χ0) is 17.2. The molecule has 1 aromatic carbocycles. The number of benzene rings is 1. The first-order valence-electron chi connectivity index (χ1n) is 7.42. The average Bonchev–Trinajstić information content (AvgIpc) is 2.48. The second-order valence-corrected chi connectivity index (χ2v) is 5.90. The molecule has 1 saturated heterocycles. The molecule has 1 fully saturated rings. The molecule has 4 nitrogen and oxygen atoms in total. The van der Waals surface area contributed by atoms with Crippen LogP contribution in [0.3, 0.4) is 0 Å². The third-order valence-electron chi connectivity index (χ3n) is 3.96. The Hall–Kier alpha value is -2.05. The van der Waals surface area contributed by atoms with Crippen LogP contribution in [0.25, 0.3) is 0 Å². The molecule has 0 spiro atoms. The summed E-state index contributed by atoms with van der Waals surface area (Å²) in [6.45, 7) is 3.62. The number of piperidine rings is 1.